The van der Waals surface area contributed by atoms with Crippen LogP contribution in [0.3, 0.4) is 0 Å². The fourth-order valence-corrected chi connectivity index (χ4v) is 3.48. The Morgan fingerprint density at radius 3 is 2.52 bits per heavy atom. The van der Waals surface area contributed by atoms with E-state index in [-0.39, 0.29) is 22.1 Å². The van der Waals surface area contributed by atoms with Crippen LogP contribution in [0.2, 0.25) is 5.02 Å². The molecule has 0 aromatic heterocycles. The first-order valence-electron chi connectivity index (χ1n) is 6.96. The molecule has 0 heterocycles. The van der Waals surface area contributed by atoms with Gasteiger partial charge in [0.05, 0.1) is 15.5 Å². The predicted molar refractivity (Wildman–Crippen MR) is 95.5 cm³/mol. The van der Waals surface area contributed by atoms with Gasteiger partial charge in [0, 0.05) is 24.1 Å². The minimum Gasteiger partial charge on any atom is -0.457 e. The number of carbonyl (C=O) groups is 1. The molecule has 0 radical (unpaired) electrons. The van der Waals surface area contributed by atoms with E-state index in [4.69, 9.17) is 16.3 Å². The van der Waals surface area contributed by atoms with Crippen LogP contribution < -0.4 is 0 Å². The highest BCUT2D eigenvalue weighted by atomic mass is 79.9. The average Bonchev–Trinajstić information content (AvgIpc) is 2.53. The van der Waals surface area contributed by atoms with Crippen molar-refractivity contribution in [3.63, 3.8) is 0 Å². The van der Waals surface area contributed by atoms with E-state index in [1.54, 1.807) is 0 Å². The van der Waals surface area contributed by atoms with E-state index in [2.05, 4.69) is 15.9 Å². The highest BCUT2D eigenvalue weighted by Crippen LogP contribution is 2.24. The summed E-state index contributed by atoms with van der Waals surface area (Å²) in [5.74, 6) is -1.20. The van der Waals surface area contributed by atoms with Crippen molar-refractivity contribution in [3.05, 3.63) is 62.8 Å². The maximum atomic E-state index is 13.1. The minimum atomic E-state index is -3.71. The first kappa shape index (κ1) is 19.8. The van der Waals surface area contributed by atoms with Crippen molar-refractivity contribution >= 4 is 43.5 Å². The van der Waals surface area contributed by atoms with Crippen molar-refractivity contribution in [1.82, 2.24) is 4.31 Å². The Labute approximate surface area is 158 Å². The fourth-order valence-electron chi connectivity index (χ4n) is 1.89. The number of sulfonamides is 1. The van der Waals surface area contributed by atoms with Gasteiger partial charge in [0.2, 0.25) is 10.0 Å². The molecule has 0 aliphatic carbocycles. The van der Waals surface area contributed by atoms with Gasteiger partial charge in [-0.3, -0.25) is 0 Å². The maximum Gasteiger partial charge on any atom is 0.340 e. The van der Waals surface area contributed by atoms with Gasteiger partial charge in [-0.1, -0.05) is 33.6 Å². The molecule has 25 heavy (non-hydrogen) atoms. The number of ether oxygens (including phenoxy) is 1. The van der Waals surface area contributed by atoms with Crippen LogP contribution in [0.4, 0.5) is 4.39 Å². The molecule has 0 amide bonds. The Balaban J connectivity index is 2.24. The molecule has 0 fully saturated rings. The average molecular weight is 451 g/mol. The molecule has 2 aromatic rings. The number of esters is 1. The minimum absolute atomic E-state index is 0.0668. The molecule has 0 saturated carbocycles. The Kier molecular flexibility index (Phi) is 6.21. The Hall–Kier alpha value is -1.48. The molecule has 134 valence electrons. The second-order valence-electron chi connectivity index (χ2n) is 5.24. The lowest BCUT2D eigenvalue weighted by Gasteiger charge is -2.13. The van der Waals surface area contributed by atoms with Gasteiger partial charge in [-0.05, 0) is 30.3 Å². The van der Waals surface area contributed by atoms with Crippen LogP contribution in [0.1, 0.15) is 15.9 Å². The lowest BCUT2D eigenvalue weighted by Crippen LogP contribution is -2.22. The number of hydrogen-bond acceptors (Lipinski definition) is 4. The van der Waals surface area contributed by atoms with E-state index in [0.29, 0.717) is 10.0 Å². The number of carbonyl (C=O) groups excluding carboxylic acids is 1. The summed E-state index contributed by atoms with van der Waals surface area (Å²) in [5.41, 5.74) is 0.491. The third kappa shape index (κ3) is 4.58. The standard InChI is InChI=1S/C16H14BrClFNO4S/c1-20(2)25(22,23)12-5-6-15(18)13(8-12)16(21)24-9-10-3-4-11(19)7-14(10)17/h3-8H,9H2,1-2H3. The summed E-state index contributed by atoms with van der Waals surface area (Å²) < 4.78 is 44.0. The highest BCUT2D eigenvalue weighted by molar-refractivity contribution is 9.10. The smallest absolute Gasteiger partial charge is 0.340 e. The Morgan fingerprint density at radius 1 is 1.24 bits per heavy atom. The first-order chi connectivity index (χ1) is 11.6. The van der Waals surface area contributed by atoms with Crippen molar-refractivity contribution in [2.45, 2.75) is 11.5 Å². The van der Waals surface area contributed by atoms with Crippen molar-refractivity contribution in [3.8, 4) is 0 Å². The monoisotopic (exact) mass is 449 g/mol. The number of rotatable bonds is 5. The van der Waals surface area contributed by atoms with Gasteiger partial charge < -0.3 is 4.74 Å². The second kappa shape index (κ2) is 7.82. The molecule has 0 N–H and O–H groups in total. The molecule has 0 spiro atoms. The van der Waals surface area contributed by atoms with E-state index >= 15 is 0 Å². The maximum absolute atomic E-state index is 13.1. The van der Waals surface area contributed by atoms with Crippen molar-refractivity contribution < 1.29 is 22.3 Å². The highest BCUT2D eigenvalue weighted by Gasteiger charge is 2.21. The van der Waals surface area contributed by atoms with E-state index in [0.717, 1.165) is 4.31 Å². The van der Waals surface area contributed by atoms with E-state index < -0.39 is 21.8 Å². The number of hydrogen-bond donors (Lipinski definition) is 0. The number of nitrogens with zero attached hydrogens (tertiary/aromatic N) is 1. The zero-order valence-electron chi connectivity index (χ0n) is 13.3. The van der Waals surface area contributed by atoms with E-state index in [1.807, 2.05) is 0 Å². The summed E-state index contributed by atoms with van der Waals surface area (Å²) in [6.07, 6.45) is 0. The molecule has 0 unspecified atom stereocenters. The number of benzene rings is 2. The van der Waals surface area contributed by atoms with Gasteiger partial charge in [-0.25, -0.2) is 21.9 Å². The van der Waals surface area contributed by atoms with Crippen LogP contribution in [0.15, 0.2) is 45.8 Å². The fraction of sp³-hybridized carbons (Fsp3) is 0.188. The Bertz CT molecular complexity index is 918. The summed E-state index contributed by atoms with van der Waals surface area (Å²) in [6, 6.07) is 7.76. The lowest BCUT2D eigenvalue weighted by atomic mass is 10.2. The summed E-state index contributed by atoms with van der Waals surface area (Å²) in [5, 5.41) is 0.0703. The quantitative estimate of drug-likeness (QED) is 0.649. The summed E-state index contributed by atoms with van der Waals surface area (Å²) in [7, 11) is -0.945. The van der Waals surface area contributed by atoms with Crippen LogP contribution in [0.25, 0.3) is 0 Å². The van der Waals surface area contributed by atoms with E-state index in [1.165, 1.54) is 50.5 Å². The van der Waals surface area contributed by atoms with Gasteiger partial charge >= 0.3 is 5.97 Å². The molecular formula is C16H14BrClFNO4S. The molecule has 5 nitrogen and oxygen atoms in total. The van der Waals surface area contributed by atoms with Crippen LogP contribution in [0, 0.1) is 5.82 Å². The van der Waals surface area contributed by atoms with Crippen LogP contribution in [0.5, 0.6) is 0 Å². The number of halogens is 3. The molecule has 2 aromatic carbocycles. The van der Waals surface area contributed by atoms with Crippen LogP contribution in [-0.2, 0) is 21.4 Å². The second-order valence-corrected chi connectivity index (χ2v) is 8.65. The molecule has 0 bridgehead atoms. The third-order valence-electron chi connectivity index (χ3n) is 3.31. The third-order valence-corrected chi connectivity index (χ3v) is 6.19. The SMILES string of the molecule is CN(C)S(=O)(=O)c1ccc(Cl)c(C(=O)OCc2ccc(F)cc2Br)c1. The Morgan fingerprint density at radius 2 is 1.92 bits per heavy atom. The largest absolute Gasteiger partial charge is 0.457 e. The zero-order valence-corrected chi connectivity index (χ0v) is 16.5. The van der Waals surface area contributed by atoms with Crippen LogP contribution >= 0.6 is 27.5 Å². The van der Waals surface area contributed by atoms with Crippen molar-refractivity contribution in [2.75, 3.05) is 14.1 Å². The predicted octanol–water partition coefficient (Wildman–Crippen LogP) is 3.85. The molecule has 2 rings (SSSR count). The lowest BCUT2D eigenvalue weighted by molar-refractivity contribution is 0.0472. The topological polar surface area (TPSA) is 63.7 Å². The van der Waals surface area contributed by atoms with Crippen LogP contribution in [-0.4, -0.2) is 32.8 Å². The molecule has 9 heteroatoms. The summed E-state index contributed by atoms with van der Waals surface area (Å²) in [6.45, 7) is -0.124. The molecule has 0 aliphatic heterocycles. The van der Waals surface area contributed by atoms with Crippen molar-refractivity contribution in [1.29, 1.82) is 0 Å². The molecule has 0 atom stereocenters. The normalized spacial score (nSPS) is 11.6. The molecule has 0 saturated heterocycles. The van der Waals surface area contributed by atoms with Gasteiger partial charge in [-0.2, -0.15) is 0 Å². The molecular weight excluding hydrogens is 437 g/mol. The van der Waals surface area contributed by atoms with Gasteiger partial charge in [0.1, 0.15) is 12.4 Å². The molecule has 0 aliphatic rings. The first-order valence-corrected chi connectivity index (χ1v) is 9.57. The van der Waals surface area contributed by atoms with Gasteiger partial charge in [-0.15, -0.1) is 0 Å². The van der Waals surface area contributed by atoms with Gasteiger partial charge in [0.15, 0.2) is 0 Å². The van der Waals surface area contributed by atoms with Gasteiger partial charge in [0.25, 0.3) is 0 Å². The zero-order chi connectivity index (χ0) is 18.8. The summed E-state index contributed by atoms with van der Waals surface area (Å²) >= 11 is 9.17. The summed E-state index contributed by atoms with van der Waals surface area (Å²) in [4.78, 5) is 12.2. The van der Waals surface area contributed by atoms with E-state index in [9.17, 15) is 17.6 Å². The van der Waals surface area contributed by atoms with Crippen molar-refractivity contribution in [2.24, 2.45) is 0 Å².